The second-order valence-electron chi connectivity index (χ2n) is 4.66. The summed E-state index contributed by atoms with van der Waals surface area (Å²) in [6.07, 6.45) is 4.05. The Bertz CT molecular complexity index is 209. The Morgan fingerprint density at radius 2 is 2.00 bits per heavy atom. The van der Waals surface area contributed by atoms with Crippen LogP contribution in [0.15, 0.2) is 12.2 Å². The summed E-state index contributed by atoms with van der Waals surface area (Å²) >= 11 is 0. The van der Waals surface area contributed by atoms with Gasteiger partial charge in [-0.15, -0.1) is 6.58 Å². The average molecular weight is 211 g/mol. The SMILES string of the molecule is C=C(C)CC(CCCC)C(=O)NC(C)C. The smallest absolute Gasteiger partial charge is 0.223 e. The molecule has 2 nitrogen and oxygen atoms in total. The number of unbranched alkanes of at least 4 members (excludes halogenated alkanes) is 1. The molecule has 0 aliphatic heterocycles. The van der Waals surface area contributed by atoms with Crippen molar-refractivity contribution in [2.75, 3.05) is 0 Å². The largest absolute Gasteiger partial charge is 0.354 e. The van der Waals surface area contributed by atoms with Crippen molar-refractivity contribution >= 4 is 5.91 Å². The number of hydrogen-bond donors (Lipinski definition) is 1. The number of carbonyl (C=O) groups is 1. The van der Waals surface area contributed by atoms with Crippen molar-refractivity contribution in [1.29, 1.82) is 0 Å². The van der Waals surface area contributed by atoms with Gasteiger partial charge in [0.25, 0.3) is 0 Å². The zero-order valence-corrected chi connectivity index (χ0v) is 10.6. The quantitative estimate of drug-likeness (QED) is 0.643. The molecule has 0 saturated heterocycles. The number of allylic oxidation sites excluding steroid dienone is 1. The van der Waals surface area contributed by atoms with Crippen LogP contribution in [-0.2, 0) is 4.79 Å². The minimum Gasteiger partial charge on any atom is -0.354 e. The van der Waals surface area contributed by atoms with Gasteiger partial charge in [-0.25, -0.2) is 0 Å². The molecule has 0 rings (SSSR count). The highest BCUT2D eigenvalue weighted by atomic mass is 16.1. The predicted octanol–water partition coefficient (Wildman–Crippen LogP) is 3.28. The van der Waals surface area contributed by atoms with E-state index in [1.807, 2.05) is 20.8 Å². The lowest BCUT2D eigenvalue weighted by Gasteiger charge is -2.18. The van der Waals surface area contributed by atoms with E-state index in [1.54, 1.807) is 0 Å². The fraction of sp³-hybridized carbons (Fsp3) is 0.769. The lowest BCUT2D eigenvalue weighted by Crippen LogP contribution is -2.35. The molecular formula is C13H25NO. The number of carbonyl (C=O) groups excluding carboxylic acids is 1. The Balaban J connectivity index is 4.20. The summed E-state index contributed by atoms with van der Waals surface area (Å²) in [7, 11) is 0. The minimum absolute atomic E-state index is 0.116. The Kier molecular flexibility index (Phi) is 7.10. The topological polar surface area (TPSA) is 29.1 Å². The summed E-state index contributed by atoms with van der Waals surface area (Å²) < 4.78 is 0. The zero-order valence-electron chi connectivity index (χ0n) is 10.6. The average Bonchev–Trinajstić information content (AvgIpc) is 2.10. The van der Waals surface area contributed by atoms with Crippen LogP contribution in [0.5, 0.6) is 0 Å². The van der Waals surface area contributed by atoms with Crippen molar-refractivity contribution in [2.45, 2.75) is 59.4 Å². The molecule has 15 heavy (non-hydrogen) atoms. The molecule has 0 saturated carbocycles. The van der Waals surface area contributed by atoms with Gasteiger partial charge in [-0.05, 0) is 33.6 Å². The molecule has 0 fully saturated rings. The maximum absolute atomic E-state index is 11.8. The summed E-state index contributed by atoms with van der Waals surface area (Å²) in [5.41, 5.74) is 1.09. The molecular weight excluding hydrogens is 186 g/mol. The molecule has 1 amide bonds. The van der Waals surface area contributed by atoms with Crippen molar-refractivity contribution in [1.82, 2.24) is 5.32 Å². The molecule has 0 aliphatic carbocycles. The second kappa shape index (κ2) is 7.49. The maximum Gasteiger partial charge on any atom is 0.223 e. The van der Waals surface area contributed by atoms with Gasteiger partial charge in [0.05, 0.1) is 0 Å². The molecule has 0 spiro atoms. The molecule has 0 radical (unpaired) electrons. The summed E-state index contributed by atoms with van der Waals surface area (Å²) in [5, 5.41) is 2.98. The third-order valence-electron chi connectivity index (χ3n) is 2.30. The van der Waals surface area contributed by atoms with Gasteiger partial charge in [0.15, 0.2) is 0 Å². The van der Waals surface area contributed by atoms with Crippen molar-refractivity contribution in [3.05, 3.63) is 12.2 Å². The molecule has 0 aromatic rings. The zero-order chi connectivity index (χ0) is 11.8. The van der Waals surface area contributed by atoms with E-state index in [0.29, 0.717) is 0 Å². The number of amides is 1. The fourth-order valence-corrected chi connectivity index (χ4v) is 1.60. The van der Waals surface area contributed by atoms with E-state index in [-0.39, 0.29) is 17.9 Å². The molecule has 2 heteroatoms. The van der Waals surface area contributed by atoms with Crippen LogP contribution in [0.1, 0.15) is 53.4 Å². The standard InChI is InChI=1S/C13H25NO/c1-6-7-8-12(9-10(2)3)13(15)14-11(4)5/h11-12H,2,6-9H2,1,3-5H3,(H,14,15). The van der Waals surface area contributed by atoms with Gasteiger partial charge in [0, 0.05) is 12.0 Å². The molecule has 0 heterocycles. The van der Waals surface area contributed by atoms with E-state index in [1.165, 1.54) is 0 Å². The third-order valence-corrected chi connectivity index (χ3v) is 2.30. The van der Waals surface area contributed by atoms with Gasteiger partial charge in [-0.2, -0.15) is 0 Å². The van der Waals surface area contributed by atoms with E-state index in [0.717, 1.165) is 31.3 Å². The molecule has 0 bridgehead atoms. The molecule has 1 atom stereocenters. The highest BCUT2D eigenvalue weighted by Crippen LogP contribution is 2.17. The van der Waals surface area contributed by atoms with E-state index in [4.69, 9.17) is 0 Å². The van der Waals surface area contributed by atoms with Gasteiger partial charge in [0.1, 0.15) is 0 Å². The van der Waals surface area contributed by atoms with E-state index < -0.39 is 0 Å². The van der Waals surface area contributed by atoms with E-state index >= 15 is 0 Å². The van der Waals surface area contributed by atoms with Crippen LogP contribution in [0.2, 0.25) is 0 Å². The normalized spacial score (nSPS) is 12.6. The van der Waals surface area contributed by atoms with Crippen molar-refractivity contribution in [2.24, 2.45) is 5.92 Å². The first-order chi connectivity index (χ1) is 6.97. The van der Waals surface area contributed by atoms with Crippen LogP contribution in [-0.4, -0.2) is 11.9 Å². The first-order valence-electron chi connectivity index (χ1n) is 5.92. The molecule has 0 aromatic heterocycles. The Morgan fingerprint density at radius 1 is 1.40 bits per heavy atom. The highest BCUT2D eigenvalue weighted by molar-refractivity contribution is 5.79. The monoisotopic (exact) mass is 211 g/mol. The van der Waals surface area contributed by atoms with Gasteiger partial charge in [-0.3, -0.25) is 4.79 Å². The Hall–Kier alpha value is -0.790. The van der Waals surface area contributed by atoms with Crippen LogP contribution in [0.25, 0.3) is 0 Å². The van der Waals surface area contributed by atoms with E-state index in [9.17, 15) is 4.79 Å². The molecule has 0 aliphatic rings. The molecule has 1 N–H and O–H groups in total. The summed E-state index contributed by atoms with van der Waals surface area (Å²) in [5.74, 6) is 0.298. The van der Waals surface area contributed by atoms with Crippen molar-refractivity contribution in [3.8, 4) is 0 Å². The first kappa shape index (κ1) is 14.2. The highest BCUT2D eigenvalue weighted by Gasteiger charge is 2.18. The van der Waals surface area contributed by atoms with E-state index in [2.05, 4.69) is 18.8 Å². The van der Waals surface area contributed by atoms with Crippen molar-refractivity contribution in [3.63, 3.8) is 0 Å². The van der Waals surface area contributed by atoms with Gasteiger partial charge < -0.3 is 5.32 Å². The first-order valence-corrected chi connectivity index (χ1v) is 5.92. The molecule has 1 unspecified atom stereocenters. The van der Waals surface area contributed by atoms with Crippen LogP contribution in [0, 0.1) is 5.92 Å². The van der Waals surface area contributed by atoms with Crippen molar-refractivity contribution < 1.29 is 4.79 Å². The number of rotatable bonds is 7. The second-order valence-corrected chi connectivity index (χ2v) is 4.66. The molecule has 0 aromatic carbocycles. The van der Waals surface area contributed by atoms with Crippen LogP contribution < -0.4 is 5.32 Å². The van der Waals surface area contributed by atoms with Gasteiger partial charge in [-0.1, -0.05) is 25.3 Å². The predicted molar refractivity (Wildman–Crippen MR) is 65.7 cm³/mol. The summed E-state index contributed by atoms with van der Waals surface area (Å²) in [6.45, 7) is 12.0. The Morgan fingerprint density at radius 3 is 2.40 bits per heavy atom. The Labute approximate surface area is 94.1 Å². The molecule has 88 valence electrons. The lowest BCUT2D eigenvalue weighted by atomic mass is 9.94. The van der Waals surface area contributed by atoms with Gasteiger partial charge >= 0.3 is 0 Å². The van der Waals surface area contributed by atoms with Crippen LogP contribution >= 0.6 is 0 Å². The number of nitrogens with one attached hydrogen (secondary N) is 1. The van der Waals surface area contributed by atoms with Crippen LogP contribution in [0.3, 0.4) is 0 Å². The lowest BCUT2D eigenvalue weighted by molar-refractivity contribution is -0.125. The summed E-state index contributed by atoms with van der Waals surface area (Å²) in [4.78, 5) is 11.8. The maximum atomic E-state index is 11.8. The fourth-order valence-electron chi connectivity index (χ4n) is 1.60. The van der Waals surface area contributed by atoms with Crippen LogP contribution in [0.4, 0.5) is 0 Å². The van der Waals surface area contributed by atoms with Gasteiger partial charge in [0.2, 0.25) is 5.91 Å². The number of hydrogen-bond acceptors (Lipinski definition) is 1. The summed E-state index contributed by atoms with van der Waals surface area (Å²) in [6, 6.07) is 0.228. The third kappa shape index (κ3) is 7.18. The minimum atomic E-state index is 0.116.